The summed E-state index contributed by atoms with van der Waals surface area (Å²) in [6, 6.07) is 28.7. The number of rotatable bonds is 6. The average molecular weight is 478 g/mol. The maximum atomic E-state index is 14.0. The molecule has 176 valence electrons. The number of fused-ring (bicyclic) bond motifs is 1. The van der Waals surface area contributed by atoms with E-state index >= 15 is 0 Å². The molecule has 0 bridgehead atoms. The molecule has 0 saturated carbocycles. The Hall–Kier alpha value is -5.31. The first-order valence-corrected chi connectivity index (χ1v) is 10.9. The summed E-state index contributed by atoms with van der Waals surface area (Å²) in [5.41, 5.74) is 1.30. The molecule has 0 atom stereocenters. The molecule has 0 saturated heterocycles. The Bertz CT molecular complexity index is 1570. The summed E-state index contributed by atoms with van der Waals surface area (Å²) in [4.78, 5) is 38.1. The molecule has 0 aliphatic rings. The van der Waals surface area contributed by atoms with Gasteiger partial charge in [0.1, 0.15) is 0 Å². The van der Waals surface area contributed by atoms with Gasteiger partial charge in [-0.2, -0.15) is 5.10 Å². The van der Waals surface area contributed by atoms with Crippen LogP contribution in [0.1, 0.15) is 20.8 Å². The maximum absolute atomic E-state index is 14.0. The minimum absolute atomic E-state index is 0.105. The van der Waals surface area contributed by atoms with Crippen molar-refractivity contribution in [3.8, 4) is 5.69 Å². The van der Waals surface area contributed by atoms with Crippen LogP contribution in [0.2, 0.25) is 0 Å². The Morgan fingerprint density at radius 1 is 0.833 bits per heavy atom. The monoisotopic (exact) mass is 478 g/mol. The zero-order valence-corrected chi connectivity index (χ0v) is 18.7. The molecule has 1 N–H and O–H groups in total. The topological polar surface area (TPSA) is 119 Å². The molecule has 0 radical (unpaired) electrons. The van der Waals surface area contributed by atoms with Crippen LogP contribution in [-0.2, 0) is 0 Å². The molecule has 0 aliphatic carbocycles. The first-order chi connectivity index (χ1) is 17.5. The summed E-state index contributed by atoms with van der Waals surface area (Å²) in [5.74, 6) is -1.77. The van der Waals surface area contributed by atoms with Crippen LogP contribution in [0.25, 0.3) is 16.6 Å². The number of hydrogen-bond donors (Lipinski definition) is 1. The van der Waals surface area contributed by atoms with Crippen LogP contribution >= 0.6 is 0 Å². The highest BCUT2D eigenvalue weighted by Crippen LogP contribution is 2.31. The molecule has 0 fully saturated rings. The molecular weight excluding hydrogens is 460 g/mol. The number of carbonyl (C=O) groups excluding carboxylic acids is 1. The van der Waals surface area contributed by atoms with E-state index in [-0.39, 0.29) is 22.6 Å². The number of amides is 1. The predicted octanol–water partition coefficient (Wildman–Crippen LogP) is 5.61. The number of benzene rings is 4. The summed E-state index contributed by atoms with van der Waals surface area (Å²) in [6.07, 6.45) is 0. The normalized spacial score (nSPS) is 10.8. The second-order valence-corrected chi connectivity index (χ2v) is 7.85. The van der Waals surface area contributed by atoms with Crippen LogP contribution in [0.3, 0.4) is 0 Å². The van der Waals surface area contributed by atoms with Gasteiger partial charge in [-0.25, -0.2) is 9.48 Å². The summed E-state index contributed by atoms with van der Waals surface area (Å²) in [7, 11) is 0. The summed E-state index contributed by atoms with van der Waals surface area (Å²) >= 11 is 0. The fraction of sp³-hybridized carbons (Fsp3) is 0. The van der Waals surface area contributed by atoms with Gasteiger partial charge in [-0.05, 0) is 36.4 Å². The molecule has 36 heavy (non-hydrogen) atoms. The van der Waals surface area contributed by atoms with E-state index in [1.165, 1.54) is 21.7 Å². The Balaban J connectivity index is 1.72. The van der Waals surface area contributed by atoms with Crippen molar-refractivity contribution in [2.24, 2.45) is 0 Å². The third kappa shape index (κ3) is 3.94. The van der Waals surface area contributed by atoms with E-state index in [1.54, 1.807) is 24.3 Å². The van der Waals surface area contributed by atoms with Gasteiger partial charge in [0.05, 0.1) is 21.7 Å². The fourth-order valence-corrected chi connectivity index (χ4v) is 4.05. The van der Waals surface area contributed by atoms with Crippen LogP contribution in [0.15, 0.2) is 103 Å². The fourth-order valence-electron chi connectivity index (χ4n) is 4.05. The number of aromatic carboxylic acids is 1. The number of anilines is 2. The van der Waals surface area contributed by atoms with Gasteiger partial charge in [-0.15, -0.1) is 0 Å². The molecular formula is C27H18N4O5. The molecule has 1 aromatic heterocycles. The van der Waals surface area contributed by atoms with Gasteiger partial charge >= 0.3 is 5.97 Å². The van der Waals surface area contributed by atoms with Crippen LogP contribution in [0.4, 0.5) is 17.1 Å². The number of non-ortho nitro benzene ring substituents is 1. The molecule has 0 unspecified atom stereocenters. The Morgan fingerprint density at radius 2 is 1.42 bits per heavy atom. The first kappa shape index (κ1) is 22.5. The lowest BCUT2D eigenvalue weighted by molar-refractivity contribution is -0.384. The highest BCUT2D eigenvalue weighted by atomic mass is 16.6. The van der Waals surface area contributed by atoms with Crippen molar-refractivity contribution < 1.29 is 19.6 Å². The number of hydrogen-bond acceptors (Lipinski definition) is 5. The second kappa shape index (κ2) is 9.15. The van der Waals surface area contributed by atoms with Crippen LogP contribution < -0.4 is 4.90 Å². The number of carboxylic acids is 1. The SMILES string of the molecule is O=C(O)c1cc([N+](=O)[O-])ccc1-n1nc(C(=O)N(c2ccccc2)c2ccccc2)c2ccccc21. The van der Waals surface area contributed by atoms with Gasteiger partial charge in [-0.3, -0.25) is 19.8 Å². The van der Waals surface area contributed by atoms with Gasteiger partial charge in [0.15, 0.2) is 5.69 Å². The average Bonchev–Trinajstić information content (AvgIpc) is 3.29. The van der Waals surface area contributed by atoms with Crippen molar-refractivity contribution in [3.63, 3.8) is 0 Å². The molecule has 9 heteroatoms. The summed E-state index contributed by atoms with van der Waals surface area (Å²) < 4.78 is 1.34. The first-order valence-electron chi connectivity index (χ1n) is 10.9. The van der Waals surface area contributed by atoms with E-state index in [0.717, 1.165) is 6.07 Å². The summed E-state index contributed by atoms with van der Waals surface area (Å²) in [5, 5.41) is 26.0. The maximum Gasteiger partial charge on any atom is 0.338 e. The lowest BCUT2D eigenvalue weighted by Gasteiger charge is -2.22. The molecule has 0 spiro atoms. The quantitative estimate of drug-likeness (QED) is 0.250. The highest BCUT2D eigenvalue weighted by molar-refractivity contribution is 6.16. The molecule has 5 aromatic rings. The van der Waals surface area contributed by atoms with Crippen molar-refractivity contribution in [2.45, 2.75) is 0 Å². The van der Waals surface area contributed by atoms with Crippen LogP contribution in [-0.4, -0.2) is 31.7 Å². The lowest BCUT2D eigenvalue weighted by atomic mass is 10.1. The molecule has 9 nitrogen and oxygen atoms in total. The van der Waals surface area contributed by atoms with Crippen molar-refractivity contribution >= 4 is 39.8 Å². The number of aromatic nitrogens is 2. The van der Waals surface area contributed by atoms with E-state index in [1.807, 2.05) is 60.7 Å². The molecule has 4 aromatic carbocycles. The Kier molecular flexibility index (Phi) is 5.71. The van der Waals surface area contributed by atoms with Crippen molar-refractivity contribution in [3.05, 3.63) is 124 Å². The van der Waals surface area contributed by atoms with Crippen LogP contribution in [0.5, 0.6) is 0 Å². The zero-order chi connectivity index (χ0) is 25.2. The molecule has 1 amide bonds. The zero-order valence-electron chi connectivity index (χ0n) is 18.7. The lowest BCUT2D eigenvalue weighted by Crippen LogP contribution is -2.26. The molecule has 0 aliphatic heterocycles. The minimum Gasteiger partial charge on any atom is -0.478 e. The van der Waals surface area contributed by atoms with Gasteiger partial charge in [0.2, 0.25) is 0 Å². The predicted molar refractivity (Wildman–Crippen MR) is 134 cm³/mol. The van der Waals surface area contributed by atoms with Crippen molar-refractivity contribution in [1.82, 2.24) is 9.78 Å². The number of nitrogens with zero attached hydrogens (tertiary/aromatic N) is 4. The smallest absolute Gasteiger partial charge is 0.338 e. The third-order valence-electron chi connectivity index (χ3n) is 5.67. The van der Waals surface area contributed by atoms with Crippen molar-refractivity contribution in [1.29, 1.82) is 0 Å². The third-order valence-corrected chi connectivity index (χ3v) is 5.67. The number of carboxylic acid groups (broad SMARTS) is 1. The van der Waals surface area contributed by atoms with E-state index < -0.39 is 16.8 Å². The Morgan fingerprint density at radius 3 is 2.00 bits per heavy atom. The van der Waals surface area contributed by atoms with Gasteiger partial charge in [-0.1, -0.05) is 54.6 Å². The molecule has 1 heterocycles. The van der Waals surface area contributed by atoms with E-state index in [4.69, 9.17) is 0 Å². The summed E-state index contributed by atoms with van der Waals surface area (Å²) in [6.45, 7) is 0. The molecule has 5 rings (SSSR count). The van der Waals surface area contributed by atoms with E-state index in [9.17, 15) is 24.8 Å². The van der Waals surface area contributed by atoms with Crippen LogP contribution in [0, 0.1) is 10.1 Å². The Labute approximate surface area is 204 Å². The van der Waals surface area contributed by atoms with E-state index in [2.05, 4.69) is 5.10 Å². The largest absolute Gasteiger partial charge is 0.478 e. The highest BCUT2D eigenvalue weighted by Gasteiger charge is 2.27. The van der Waals surface area contributed by atoms with Gasteiger partial charge in [0.25, 0.3) is 11.6 Å². The number of carbonyl (C=O) groups is 2. The standard InChI is InChI=1S/C27H18N4O5/c32-26(29(18-9-3-1-4-10-18)19-11-5-2-6-12-19)25-21-13-7-8-14-23(21)30(28-25)24-16-15-20(31(35)36)17-22(24)27(33)34/h1-17H,(H,33,34). The van der Waals surface area contributed by atoms with Gasteiger partial charge < -0.3 is 5.11 Å². The van der Waals surface area contributed by atoms with Crippen molar-refractivity contribution in [2.75, 3.05) is 4.90 Å². The van der Waals surface area contributed by atoms with Gasteiger partial charge in [0, 0.05) is 28.9 Å². The minimum atomic E-state index is -1.35. The number of nitro groups is 1. The second-order valence-electron chi connectivity index (χ2n) is 7.85. The van der Waals surface area contributed by atoms with E-state index in [0.29, 0.717) is 22.3 Å². The number of nitro benzene ring substituents is 1. The number of para-hydroxylation sites is 3.